The van der Waals surface area contributed by atoms with Crippen LogP contribution in [0, 0.1) is 0 Å². The van der Waals surface area contributed by atoms with Gasteiger partial charge in [-0.05, 0) is 18.2 Å². The summed E-state index contributed by atoms with van der Waals surface area (Å²) >= 11 is 0. The lowest BCUT2D eigenvalue weighted by Gasteiger charge is -2.08. The van der Waals surface area contributed by atoms with Gasteiger partial charge in [0.05, 0.1) is 24.0 Å². The zero-order valence-corrected chi connectivity index (χ0v) is 11.9. The van der Waals surface area contributed by atoms with E-state index >= 15 is 0 Å². The van der Waals surface area contributed by atoms with Crippen LogP contribution in [-0.2, 0) is 6.54 Å². The standard InChI is InChI=1S/C14H13N7O2/c15-11-10-12(21-14(16)20-11)18-6-9(19-10)5-17-8-3-1-2-7(4-8)13(22)23/h1-4,6,17H,5H2,(H,22,23)(H4,15,16,18,20,21). The number of hydrogen-bond acceptors (Lipinski definition) is 8. The van der Waals surface area contributed by atoms with Gasteiger partial charge in [0.2, 0.25) is 5.95 Å². The number of nitrogens with two attached hydrogens (primary N) is 2. The summed E-state index contributed by atoms with van der Waals surface area (Å²) in [6.07, 6.45) is 1.54. The highest BCUT2D eigenvalue weighted by Gasteiger charge is 2.08. The fourth-order valence-electron chi connectivity index (χ4n) is 2.02. The third kappa shape index (κ3) is 3.07. The molecule has 0 saturated heterocycles. The van der Waals surface area contributed by atoms with Crippen LogP contribution in [0.2, 0.25) is 0 Å². The van der Waals surface area contributed by atoms with Crippen LogP contribution < -0.4 is 16.8 Å². The molecule has 0 radical (unpaired) electrons. The number of fused-ring (bicyclic) bond motifs is 1. The number of anilines is 3. The predicted molar refractivity (Wildman–Crippen MR) is 84.7 cm³/mol. The number of carboxylic acid groups (broad SMARTS) is 1. The molecule has 0 aliphatic heterocycles. The largest absolute Gasteiger partial charge is 0.478 e. The summed E-state index contributed by atoms with van der Waals surface area (Å²) in [6, 6.07) is 6.48. The Morgan fingerprint density at radius 3 is 2.83 bits per heavy atom. The Kier molecular flexibility index (Phi) is 3.59. The fraction of sp³-hybridized carbons (Fsp3) is 0.0714. The number of hydrogen-bond donors (Lipinski definition) is 4. The van der Waals surface area contributed by atoms with E-state index in [1.54, 1.807) is 18.3 Å². The van der Waals surface area contributed by atoms with Gasteiger partial charge in [0.15, 0.2) is 17.0 Å². The second kappa shape index (κ2) is 5.72. The Morgan fingerprint density at radius 2 is 2.04 bits per heavy atom. The van der Waals surface area contributed by atoms with Crippen LogP contribution in [0.25, 0.3) is 11.2 Å². The minimum atomic E-state index is -0.985. The first kappa shape index (κ1) is 14.4. The number of rotatable bonds is 4. The average molecular weight is 311 g/mol. The molecule has 23 heavy (non-hydrogen) atoms. The summed E-state index contributed by atoms with van der Waals surface area (Å²) in [5.41, 5.74) is 13.4. The summed E-state index contributed by atoms with van der Waals surface area (Å²) in [6.45, 7) is 0.343. The van der Waals surface area contributed by atoms with Crippen LogP contribution in [0.1, 0.15) is 16.1 Å². The maximum absolute atomic E-state index is 11.0. The van der Waals surface area contributed by atoms with Crippen molar-refractivity contribution in [1.82, 2.24) is 19.9 Å². The molecular weight excluding hydrogens is 298 g/mol. The van der Waals surface area contributed by atoms with Crippen LogP contribution in [0.5, 0.6) is 0 Å². The van der Waals surface area contributed by atoms with E-state index in [9.17, 15) is 4.79 Å². The zero-order valence-electron chi connectivity index (χ0n) is 11.9. The number of aromatic nitrogens is 4. The highest BCUT2D eigenvalue weighted by atomic mass is 16.4. The Bertz CT molecular complexity index is 897. The van der Waals surface area contributed by atoms with E-state index in [1.807, 2.05) is 0 Å². The van der Waals surface area contributed by atoms with Crippen molar-refractivity contribution in [2.75, 3.05) is 16.8 Å². The molecule has 0 atom stereocenters. The summed E-state index contributed by atoms with van der Waals surface area (Å²) in [5.74, 6) is -0.781. The molecule has 3 rings (SSSR count). The molecular formula is C14H13N7O2. The Balaban J connectivity index is 1.82. The third-order valence-corrected chi connectivity index (χ3v) is 3.08. The molecule has 0 saturated carbocycles. The van der Waals surface area contributed by atoms with E-state index in [0.717, 1.165) is 0 Å². The molecule has 3 aromatic rings. The first-order valence-electron chi connectivity index (χ1n) is 6.65. The molecule has 0 amide bonds. The zero-order chi connectivity index (χ0) is 16.4. The molecule has 1 aromatic carbocycles. The number of carbonyl (C=O) groups is 1. The van der Waals surface area contributed by atoms with Crippen molar-refractivity contribution in [1.29, 1.82) is 0 Å². The lowest BCUT2D eigenvalue weighted by molar-refractivity contribution is 0.0697. The van der Waals surface area contributed by atoms with Crippen LogP contribution in [-0.4, -0.2) is 31.0 Å². The van der Waals surface area contributed by atoms with Crippen LogP contribution in [0.4, 0.5) is 17.5 Å². The van der Waals surface area contributed by atoms with E-state index in [1.165, 1.54) is 12.1 Å². The summed E-state index contributed by atoms with van der Waals surface area (Å²) in [5, 5.41) is 12.1. The van der Waals surface area contributed by atoms with Gasteiger partial charge in [-0.25, -0.2) is 14.8 Å². The fourth-order valence-corrected chi connectivity index (χ4v) is 2.02. The molecule has 0 aliphatic rings. The molecule has 0 bridgehead atoms. The van der Waals surface area contributed by atoms with Crippen LogP contribution in [0.3, 0.4) is 0 Å². The van der Waals surface area contributed by atoms with E-state index in [4.69, 9.17) is 16.6 Å². The molecule has 6 N–H and O–H groups in total. The van der Waals surface area contributed by atoms with Crippen molar-refractivity contribution < 1.29 is 9.90 Å². The number of carboxylic acids is 1. The molecule has 0 unspecified atom stereocenters. The third-order valence-electron chi connectivity index (χ3n) is 3.08. The number of aromatic carboxylic acids is 1. The van der Waals surface area contributed by atoms with Gasteiger partial charge in [0.1, 0.15) is 0 Å². The number of nitrogen functional groups attached to an aromatic ring is 2. The van der Waals surface area contributed by atoms with Crippen molar-refractivity contribution in [3.8, 4) is 0 Å². The van der Waals surface area contributed by atoms with E-state index in [2.05, 4.69) is 25.3 Å². The molecule has 116 valence electrons. The topological polar surface area (TPSA) is 153 Å². The lowest BCUT2D eigenvalue weighted by Crippen LogP contribution is -2.07. The van der Waals surface area contributed by atoms with Gasteiger partial charge in [-0.3, -0.25) is 0 Å². The summed E-state index contributed by atoms with van der Waals surface area (Å²) < 4.78 is 0. The number of nitrogens with one attached hydrogen (secondary N) is 1. The van der Waals surface area contributed by atoms with Gasteiger partial charge >= 0.3 is 5.97 Å². The van der Waals surface area contributed by atoms with Crippen molar-refractivity contribution >= 4 is 34.6 Å². The Labute approximate surface area is 130 Å². The highest BCUT2D eigenvalue weighted by Crippen LogP contribution is 2.16. The SMILES string of the molecule is Nc1nc(N)c2nc(CNc3cccc(C(=O)O)c3)cnc2n1. The van der Waals surface area contributed by atoms with Gasteiger partial charge < -0.3 is 21.9 Å². The van der Waals surface area contributed by atoms with Gasteiger partial charge in [0.25, 0.3) is 0 Å². The highest BCUT2D eigenvalue weighted by molar-refractivity contribution is 5.88. The molecule has 0 aliphatic carbocycles. The van der Waals surface area contributed by atoms with E-state index in [0.29, 0.717) is 29.1 Å². The molecule has 2 heterocycles. The van der Waals surface area contributed by atoms with Gasteiger partial charge in [-0.1, -0.05) is 6.07 Å². The number of nitrogens with zero attached hydrogens (tertiary/aromatic N) is 4. The van der Waals surface area contributed by atoms with E-state index in [-0.39, 0.29) is 17.3 Å². The van der Waals surface area contributed by atoms with Crippen LogP contribution in [0.15, 0.2) is 30.5 Å². The maximum Gasteiger partial charge on any atom is 0.335 e. The molecule has 2 aromatic heterocycles. The molecule has 0 fully saturated rings. The van der Waals surface area contributed by atoms with Crippen molar-refractivity contribution in [3.63, 3.8) is 0 Å². The number of benzene rings is 1. The molecule has 9 nitrogen and oxygen atoms in total. The van der Waals surface area contributed by atoms with Gasteiger partial charge in [0, 0.05) is 5.69 Å². The van der Waals surface area contributed by atoms with Gasteiger partial charge in [-0.15, -0.1) is 0 Å². The molecule has 0 spiro atoms. The summed E-state index contributed by atoms with van der Waals surface area (Å²) in [7, 11) is 0. The Hall–Kier alpha value is -3.49. The van der Waals surface area contributed by atoms with Crippen LogP contribution >= 0.6 is 0 Å². The minimum Gasteiger partial charge on any atom is -0.478 e. The smallest absolute Gasteiger partial charge is 0.335 e. The quantitative estimate of drug-likeness (QED) is 0.550. The average Bonchev–Trinajstić information content (AvgIpc) is 2.53. The van der Waals surface area contributed by atoms with Crippen molar-refractivity contribution in [2.45, 2.75) is 6.54 Å². The Morgan fingerprint density at radius 1 is 1.22 bits per heavy atom. The first-order chi connectivity index (χ1) is 11.0. The monoisotopic (exact) mass is 311 g/mol. The molecule has 9 heteroatoms. The van der Waals surface area contributed by atoms with Crippen molar-refractivity contribution in [3.05, 3.63) is 41.7 Å². The second-order valence-corrected chi connectivity index (χ2v) is 4.74. The first-order valence-corrected chi connectivity index (χ1v) is 6.65. The summed E-state index contributed by atoms with van der Waals surface area (Å²) in [4.78, 5) is 27.2. The maximum atomic E-state index is 11.0. The van der Waals surface area contributed by atoms with Crippen molar-refractivity contribution in [2.24, 2.45) is 0 Å². The lowest BCUT2D eigenvalue weighted by atomic mass is 10.2. The normalized spacial score (nSPS) is 10.6. The second-order valence-electron chi connectivity index (χ2n) is 4.74. The van der Waals surface area contributed by atoms with Gasteiger partial charge in [-0.2, -0.15) is 9.97 Å². The van der Waals surface area contributed by atoms with E-state index < -0.39 is 5.97 Å². The predicted octanol–water partition coefficient (Wildman–Crippen LogP) is 0.894. The minimum absolute atomic E-state index is 0.0423.